The van der Waals surface area contributed by atoms with Gasteiger partial charge in [-0.1, -0.05) is 413 Å². The normalized spacial score (nSPS) is 14.0. The number of carbonyl (C=O) groups excluding carboxylic acids is 4. The molecule has 3 unspecified atom stereocenters. The summed E-state index contributed by atoms with van der Waals surface area (Å²) < 4.78 is 68.9. The summed E-state index contributed by atoms with van der Waals surface area (Å²) in [6.07, 6.45) is 72.3. The van der Waals surface area contributed by atoms with E-state index in [1.54, 1.807) is 0 Å². The van der Waals surface area contributed by atoms with Crippen molar-refractivity contribution in [3.8, 4) is 0 Å². The van der Waals surface area contributed by atoms with Crippen LogP contribution < -0.4 is 0 Å². The first-order valence-corrected chi connectivity index (χ1v) is 47.7. The Morgan fingerprint density at radius 2 is 0.457 bits per heavy atom. The summed E-state index contributed by atoms with van der Waals surface area (Å²) in [5.74, 6) is -1.33. The summed E-state index contributed by atoms with van der Waals surface area (Å²) >= 11 is 0. The number of phosphoric acid groups is 2. The van der Waals surface area contributed by atoms with E-state index in [1.807, 2.05) is 0 Å². The zero-order valence-corrected chi connectivity index (χ0v) is 70.7. The number of hydrogen-bond acceptors (Lipinski definition) is 15. The number of ether oxygens (including phenoxy) is 4. The van der Waals surface area contributed by atoms with Crippen molar-refractivity contribution in [1.82, 2.24) is 0 Å². The molecule has 0 aliphatic heterocycles. The molecule has 0 fully saturated rings. The topological polar surface area (TPSA) is 237 Å². The number of esters is 4. The SMILES string of the molecule is CCCCCCCCCCCCCCCCCCCCCCCC(=O)OC[C@H](COP(=O)(O)OC[C@@H](O)COP(=O)(O)OC[C@@H](COC(=O)CCCCCCCCCCCCC)OC(=O)CCCCCCCCCCC(C)CC)OC(=O)CCCCCCCCCCCCCCCCCCCCCCC. The first kappa shape index (κ1) is 103. The van der Waals surface area contributed by atoms with Crippen molar-refractivity contribution in [1.29, 1.82) is 0 Å². The van der Waals surface area contributed by atoms with Crippen molar-refractivity contribution >= 4 is 39.5 Å². The summed E-state index contributed by atoms with van der Waals surface area (Å²) in [7, 11) is -9.92. The molecular formula is C86H168O17P2. The third-order valence-electron chi connectivity index (χ3n) is 20.6. The maximum absolute atomic E-state index is 13.1. The number of carbonyl (C=O) groups is 4. The van der Waals surface area contributed by atoms with E-state index in [9.17, 15) is 43.2 Å². The van der Waals surface area contributed by atoms with Gasteiger partial charge in [-0.3, -0.25) is 37.3 Å². The Bertz CT molecular complexity index is 2000. The molecule has 0 heterocycles. The Balaban J connectivity index is 5.20. The first-order valence-electron chi connectivity index (χ1n) is 44.7. The standard InChI is InChI=1S/C86H168O17P2/c1-6-10-13-16-19-22-25-27-29-31-33-35-37-39-41-43-46-49-55-60-65-70-84(89)97-75-81(102-85(90)71-66-61-56-50-47-44-42-40-38-36-34-32-30-28-26-23-20-17-14-11-7-2)77-100-104(92,93)98-73-80(87)74-99-105(94,95)101-78-82(76-96-83(88)69-64-59-54-48-45-24-21-18-15-12-8-3)103-86(91)72-67-62-57-52-51-53-58-63-68-79(5)9-4/h79-82,87H,6-78H2,1-5H3,(H,92,93)(H,94,95)/t79?,80-,81-,82-/m1/s1. The van der Waals surface area contributed by atoms with Crippen molar-refractivity contribution in [3.63, 3.8) is 0 Å². The van der Waals surface area contributed by atoms with E-state index in [2.05, 4.69) is 34.6 Å². The van der Waals surface area contributed by atoms with E-state index < -0.39 is 97.5 Å². The average molecular weight is 1540 g/mol. The van der Waals surface area contributed by atoms with Crippen LogP contribution in [-0.4, -0.2) is 96.7 Å². The van der Waals surface area contributed by atoms with Gasteiger partial charge >= 0.3 is 39.5 Å². The lowest BCUT2D eigenvalue weighted by atomic mass is 9.99. The molecule has 0 radical (unpaired) electrons. The monoisotopic (exact) mass is 1540 g/mol. The van der Waals surface area contributed by atoms with E-state index in [4.69, 9.17) is 37.0 Å². The zero-order valence-electron chi connectivity index (χ0n) is 68.9. The molecule has 0 aromatic carbocycles. The molecule has 19 heteroatoms. The molecule has 0 spiro atoms. The molecule has 105 heavy (non-hydrogen) atoms. The smallest absolute Gasteiger partial charge is 0.462 e. The average Bonchev–Trinajstić information content (AvgIpc) is 0.919. The fourth-order valence-electron chi connectivity index (χ4n) is 13.4. The van der Waals surface area contributed by atoms with Crippen LogP contribution in [0.25, 0.3) is 0 Å². The predicted molar refractivity (Wildman–Crippen MR) is 432 cm³/mol. The van der Waals surface area contributed by atoms with Crippen LogP contribution >= 0.6 is 15.6 Å². The molecule has 0 bridgehead atoms. The number of rotatable bonds is 86. The Labute approximate surface area is 645 Å². The highest BCUT2D eigenvalue weighted by Gasteiger charge is 2.30. The second-order valence-corrected chi connectivity index (χ2v) is 34.1. The van der Waals surface area contributed by atoms with E-state index in [-0.39, 0.29) is 25.7 Å². The number of hydrogen-bond donors (Lipinski definition) is 3. The lowest BCUT2D eigenvalue weighted by Gasteiger charge is -2.21. The lowest BCUT2D eigenvalue weighted by molar-refractivity contribution is -0.161. The molecule has 6 atom stereocenters. The van der Waals surface area contributed by atoms with Crippen LogP contribution in [0.5, 0.6) is 0 Å². The minimum Gasteiger partial charge on any atom is -0.462 e. The maximum Gasteiger partial charge on any atom is 0.472 e. The van der Waals surface area contributed by atoms with Crippen LogP contribution in [-0.2, 0) is 65.4 Å². The van der Waals surface area contributed by atoms with Crippen LogP contribution in [0, 0.1) is 5.92 Å². The molecule has 0 aliphatic carbocycles. The minimum atomic E-state index is -4.97. The Morgan fingerprint density at radius 1 is 0.267 bits per heavy atom. The highest BCUT2D eigenvalue weighted by Crippen LogP contribution is 2.45. The summed E-state index contributed by atoms with van der Waals surface area (Å²) in [4.78, 5) is 73.2. The zero-order chi connectivity index (χ0) is 76.9. The number of aliphatic hydroxyl groups excluding tert-OH is 1. The van der Waals surface area contributed by atoms with Crippen LogP contribution in [0.3, 0.4) is 0 Å². The summed E-state index contributed by atoms with van der Waals surface area (Å²) in [5, 5.41) is 10.7. The number of unbranched alkanes of at least 4 members (excludes halogenated alkanes) is 57. The largest absolute Gasteiger partial charge is 0.472 e. The Hall–Kier alpha value is -1.94. The summed E-state index contributed by atoms with van der Waals surface area (Å²) in [5.41, 5.74) is 0. The van der Waals surface area contributed by atoms with Gasteiger partial charge in [-0.25, -0.2) is 9.13 Å². The number of aliphatic hydroxyl groups is 1. The minimum absolute atomic E-state index is 0.106. The van der Waals surface area contributed by atoms with Gasteiger partial charge in [0.25, 0.3) is 0 Å². The quantitative estimate of drug-likeness (QED) is 0.0222. The highest BCUT2D eigenvalue weighted by atomic mass is 31.2. The van der Waals surface area contributed by atoms with Crippen molar-refractivity contribution < 1.29 is 80.2 Å². The molecule has 0 aromatic heterocycles. The van der Waals surface area contributed by atoms with E-state index >= 15 is 0 Å². The van der Waals surface area contributed by atoms with Gasteiger partial charge in [0, 0.05) is 25.7 Å². The van der Waals surface area contributed by atoms with E-state index in [0.717, 1.165) is 95.8 Å². The molecule has 0 aliphatic rings. The molecule has 3 N–H and O–H groups in total. The third kappa shape index (κ3) is 78.5. The van der Waals surface area contributed by atoms with Crippen molar-refractivity contribution in [2.45, 2.75) is 483 Å². The first-order chi connectivity index (χ1) is 51.1. The maximum atomic E-state index is 13.1. The highest BCUT2D eigenvalue weighted by molar-refractivity contribution is 7.47. The summed E-state index contributed by atoms with van der Waals surface area (Å²) in [6.45, 7) is 7.35. The van der Waals surface area contributed by atoms with Gasteiger partial charge in [0.2, 0.25) is 0 Å². The summed E-state index contributed by atoms with van der Waals surface area (Å²) in [6, 6.07) is 0. The van der Waals surface area contributed by atoms with Crippen LogP contribution in [0.4, 0.5) is 0 Å². The molecule has 0 aromatic rings. The fourth-order valence-corrected chi connectivity index (χ4v) is 15.0. The van der Waals surface area contributed by atoms with Crippen molar-refractivity contribution in [2.24, 2.45) is 5.92 Å². The lowest BCUT2D eigenvalue weighted by Crippen LogP contribution is -2.30. The van der Waals surface area contributed by atoms with Crippen LogP contribution in [0.15, 0.2) is 0 Å². The van der Waals surface area contributed by atoms with Gasteiger partial charge < -0.3 is 33.8 Å². The second kappa shape index (κ2) is 78.7. The Morgan fingerprint density at radius 3 is 0.676 bits per heavy atom. The molecule has 0 saturated heterocycles. The number of phosphoric ester groups is 2. The van der Waals surface area contributed by atoms with Gasteiger partial charge in [0.1, 0.15) is 19.3 Å². The van der Waals surface area contributed by atoms with Gasteiger partial charge in [-0.05, 0) is 31.6 Å². The molecule has 0 rings (SSSR count). The molecular weight excluding hydrogens is 1370 g/mol. The fraction of sp³-hybridized carbons (Fsp3) is 0.953. The van der Waals surface area contributed by atoms with E-state index in [0.29, 0.717) is 25.7 Å². The second-order valence-electron chi connectivity index (χ2n) is 31.2. The van der Waals surface area contributed by atoms with Crippen molar-refractivity contribution in [3.05, 3.63) is 0 Å². The predicted octanol–water partition coefficient (Wildman–Crippen LogP) is 26.4. The third-order valence-corrected chi connectivity index (χ3v) is 22.5. The van der Waals surface area contributed by atoms with Gasteiger partial charge in [-0.2, -0.15) is 0 Å². The van der Waals surface area contributed by atoms with Crippen LogP contribution in [0.2, 0.25) is 0 Å². The van der Waals surface area contributed by atoms with Gasteiger partial charge in [-0.15, -0.1) is 0 Å². The molecule has 0 saturated carbocycles. The van der Waals surface area contributed by atoms with E-state index in [1.165, 1.54) is 289 Å². The molecule has 624 valence electrons. The Kier molecular flexibility index (Phi) is 77.3. The molecule has 0 amide bonds. The van der Waals surface area contributed by atoms with Gasteiger partial charge in [0.05, 0.1) is 26.4 Å². The van der Waals surface area contributed by atoms with Crippen molar-refractivity contribution in [2.75, 3.05) is 39.6 Å². The molecule has 17 nitrogen and oxygen atoms in total. The van der Waals surface area contributed by atoms with Gasteiger partial charge in [0.15, 0.2) is 12.2 Å². The van der Waals surface area contributed by atoms with Crippen LogP contribution in [0.1, 0.15) is 465 Å².